The minimum absolute atomic E-state index is 0.391. The van der Waals surface area contributed by atoms with Crippen LogP contribution in [0.25, 0.3) is 23.0 Å². The number of benzene rings is 1. The standard InChI is InChI=1S/C21H17N5O4S/c1-12-15(10-22-25(12)2)18-13(11-26(24-18)14-6-4-3-5-7-14)8-9-16(27)17-19(28)23-21(30)31-20(17)29/h3-11,29H,1-2H3,(H,23,28,30)/b9-8+. The summed E-state index contributed by atoms with van der Waals surface area (Å²) in [6.07, 6.45) is 6.14. The second-order valence-corrected chi connectivity index (χ2v) is 7.66. The second kappa shape index (κ2) is 8.00. The van der Waals surface area contributed by atoms with Gasteiger partial charge in [-0.25, -0.2) is 4.68 Å². The van der Waals surface area contributed by atoms with Crippen LogP contribution in [0.2, 0.25) is 0 Å². The zero-order valence-corrected chi connectivity index (χ0v) is 17.4. The zero-order chi connectivity index (χ0) is 22.1. The van der Waals surface area contributed by atoms with Crippen molar-refractivity contribution in [3.8, 4) is 22.0 Å². The molecule has 0 spiro atoms. The SMILES string of the molecule is Cc1c(-c2nn(-c3ccccc3)cc2/C=C/C(=O)c2c(O)sc(=O)[nH]c2=O)cnn1C. The van der Waals surface area contributed by atoms with Gasteiger partial charge in [0.05, 0.1) is 11.9 Å². The van der Waals surface area contributed by atoms with Crippen LogP contribution in [0.15, 0.2) is 58.4 Å². The summed E-state index contributed by atoms with van der Waals surface area (Å²) in [4.78, 5) is 37.1. The number of aromatic amines is 1. The number of nitrogens with zero attached hydrogens (tertiary/aromatic N) is 4. The van der Waals surface area contributed by atoms with Crippen molar-refractivity contribution in [3.63, 3.8) is 0 Å². The first-order chi connectivity index (χ1) is 14.8. The molecule has 9 nitrogen and oxygen atoms in total. The van der Waals surface area contributed by atoms with E-state index in [-0.39, 0.29) is 0 Å². The third kappa shape index (κ3) is 3.88. The lowest BCUT2D eigenvalue weighted by atomic mass is 10.1. The Kier molecular flexibility index (Phi) is 5.22. The van der Waals surface area contributed by atoms with Gasteiger partial charge in [-0.1, -0.05) is 18.2 Å². The van der Waals surface area contributed by atoms with Gasteiger partial charge in [0.1, 0.15) is 11.3 Å². The molecule has 10 heteroatoms. The molecule has 0 fully saturated rings. The van der Waals surface area contributed by atoms with Gasteiger partial charge >= 0.3 is 4.87 Å². The highest BCUT2D eigenvalue weighted by Crippen LogP contribution is 2.27. The molecule has 4 aromatic rings. The maximum atomic E-state index is 12.6. The fourth-order valence-corrected chi connectivity index (χ4v) is 3.66. The van der Waals surface area contributed by atoms with Gasteiger partial charge in [-0.15, -0.1) is 0 Å². The third-order valence-corrected chi connectivity index (χ3v) is 5.45. The van der Waals surface area contributed by atoms with Crippen LogP contribution in [-0.4, -0.2) is 35.4 Å². The van der Waals surface area contributed by atoms with Crippen molar-refractivity contribution >= 4 is 23.2 Å². The van der Waals surface area contributed by atoms with E-state index < -0.39 is 26.8 Å². The fourth-order valence-electron chi connectivity index (χ4n) is 3.05. The summed E-state index contributed by atoms with van der Waals surface area (Å²) in [5.41, 5.74) is 2.33. The van der Waals surface area contributed by atoms with E-state index in [2.05, 4.69) is 10.2 Å². The van der Waals surface area contributed by atoms with Crippen LogP contribution in [0.1, 0.15) is 21.6 Å². The first kappa shape index (κ1) is 20.2. The summed E-state index contributed by atoms with van der Waals surface area (Å²) in [5.74, 6) is -0.726. The number of allylic oxidation sites excluding steroid dienone is 1. The van der Waals surface area contributed by atoms with Crippen molar-refractivity contribution in [1.82, 2.24) is 24.5 Å². The quantitative estimate of drug-likeness (QED) is 0.366. The number of hydrogen-bond acceptors (Lipinski definition) is 7. The molecular formula is C21H17N5O4S. The molecule has 156 valence electrons. The summed E-state index contributed by atoms with van der Waals surface area (Å²) < 4.78 is 3.41. The van der Waals surface area contributed by atoms with Crippen molar-refractivity contribution in [2.45, 2.75) is 6.92 Å². The third-order valence-electron chi connectivity index (χ3n) is 4.76. The average molecular weight is 435 g/mol. The minimum Gasteiger partial charge on any atom is -0.499 e. The highest BCUT2D eigenvalue weighted by Gasteiger charge is 2.18. The first-order valence-corrected chi connectivity index (χ1v) is 9.99. The van der Waals surface area contributed by atoms with Crippen LogP contribution in [0.4, 0.5) is 0 Å². The molecule has 0 saturated heterocycles. The minimum atomic E-state index is -0.931. The lowest BCUT2D eigenvalue weighted by Crippen LogP contribution is -2.22. The fraction of sp³-hybridized carbons (Fsp3) is 0.0952. The van der Waals surface area contributed by atoms with Crippen molar-refractivity contribution in [1.29, 1.82) is 0 Å². The second-order valence-electron chi connectivity index (χ2n) is 6.70. The van der Waals surface area contributed by atoms with Crippen LogP contribution in [-0.2, 0) is 7.05 Å². The van der Waals surface area contributed by atoms with Gasteiger partial charge in [0.2, 0.25) is 0 Å². The summed E-state index contributed by atoms with van der Waals surface area (Å²) in [5, 5.41) is 18.2. The van der Waals surface area contributed by atoms with Gasteiger partial charge in [-0.05, 0) is 42.5 Å². The number of para-hydroxylation sites is 1. The molecule has 0 aliphatic heterocycles. The molecule has 0 amide bonds. The van der Waals surface area contributed by atoms with E-state index in [1.807, 2.05) is 49.3 Å². The highest BCUT2D eigenvalue weighted by atomic mass is 32.1. The van der Waals surface area contributed by atoms with E-state index in [0.29, 0.717) is 22.6 Å². The van der Waals surface area contributed by atoms with Crippen LogP contribution < -0.4 is 10.4 Å². The zero-order valence-electron chi connectivity index (χ0n) is 16.6. The Bertz CT molecular complexity index is 1430. The number of rotatable bonds is 5. The molecule has 3 heterocycles. The maximum absolute atomic E-state index is 12.6. The highest BCUT2D eigenvalue weighted by molar-refractivity contribution is 7.11. The van der Waals surface area contributed by atoms with E-state index in [4.69, 9.17) is 0 Å². The summed E-state index contributed by atoms with van der Waals surface area (Å²) in [6, 6.07) is 9.47. The molecule has 2 N–H and O–H groups in total. The molecule has 0 radical (unpaired) electrons. The number of ketones is 1. The molecule has 0 atom stereocenters. The Morgan fingerprint density at radius 1 is 1.23 bits per heavy atom. The van der Waals surface area contributed by atoms with Gasteiger partial charge in [0.15, 0.2) is 10.8 Å². The Morgan fingerprint density at radius 3 is 2.61 bits per heavy atom. The number of H-pyrrole nitrogens is 1. The number of aryl methyl sites for hydroxylation is 1. The van der Waals surface area contributed by atoms with Crippen molar-refractivity contribution < 1.29 is 9.90 Å². The molecule has 0 saturated carbocycles. The Hall–Kier alpha value is -4.05. The molecule has 0 aliphatic carbocycles. The predicted octanol–water partition coefficient (Wildman–Crippen LogP) is 2.29. The maximum Gasteiger partial charge on any atom is 0.310 e. The number of carbonyl (C=O) groups excluding carboxylic acids is 1. The summed E-state index contributed by atoms with van der Waals surface area (Å²) >= 11 is 0.391. The smallest absolute Gasteiger partial charge is 0.310 e. The number of carbonyl (C=O) groups is 1. The van der Waals surface area contributed by atoms with E-state index in [9.17, 15) is 19.5 Å². The van der Waals surface area contributed by atoms with Crippen molar-refractivity contribution in [3.05, 3.63) is 85.6 Å². The van der Waals surface area contributed by atoms with Gasteiger partial charge in [0, 0.05) is 30.1 Å². The van der Waals surface area contributed by atoms with Crippen LogP contribution in [0, 0.1) is 6.92 Å². The first-order valence-electron chi connectivity index (χ1n) is 9.18. The van der Waals surface area contributed by atoms with Crippen LogP contribution in [0.5, 0.6) is 5.06 Å². The molecule has 0 aliphatic rings. The molecule has 1 aromatic carbocycles. The largest absolute Gasteiger partial charge is 0.499 e. The molecule has 4 rings (SSSR count). The number of aromatic hydroxyl groups is 1. The lowest BCUT2D eigenvalue weighted by molar-refractivity contribution is 0.104. The van der Waals surface area contributed by atoms with E-state index >= 15 is 0 Å². The monoisotopic (exact) mass is 435 g/mol. The van der Waals surface area contributed by atoms with Crippen LogP contribution >= 0.6 is 11.3 Å². The van der Waals surface area contributed by atoms with E-state index in [1.165, 1.54) is 12.2 Å². The van der Waals surface area contributed by atoms with Gasteiger partial charge < -0.3 is 5.11 Å². The Balaban J connectivity index is 1.79. The van der Waals surface area contributed by atoms with Crippen LogP contribution in [0.3, 0.4) is 0 Å². The molecule has 0 unspecified atom stereocenters. The number of aromatic nitrogens is 5. The number of hydrogen-bond donors (Lipinski definition) is 2. The van der Waals surface area contributed by atoms with Gasteiger partial charge in [0.25, 0.3) is 5.56 Å². The number of nitrogens with one attached hydrogen (secondary N) is 1. The Morgan fingerprint density at radius 2 is 1.97 bits per heavy atom. The van der Waals surface area contributed by atoms with Gasteiger partial charge in [-0.3, -0.25) is 24.0 Å². The van der Waals surface area contributed by atoms with Crippen molar-refractivity contribution in [2.75, 3.05) is 0 Å². The van der Waals surface area contributed by atoms with Gasteiger partial charge in [-0.2, -0.15) is 10.2 Å². The summed E-state index contributed by atoms with van der Waals surface area (Å²) in [6.45, 7) is 1.91. The van der Waals surface area contributed by atoms with Crippen molar-refractivity contribution in [2.24, 2.45) is 7.05 Å². The van der Waals surface area contributed by atoms with E-state index in [1.54, 1.807) is 21.8 Å². The topological polar surface area (TPSA) is 123 Å². The molecule has 31 heavy (non-hydrogen) atoms. The lowest BCUT2D eigenvalue weighted by Gasteiger charge is -2.00. The molecular weight excluding hydrogens is 418 g/mol. The molecule has 0 bridgehead atoms. The molecule has 3 aromatic heterocycles. The normalized spacial score (nSPS) is 11.3. The summed E-state index contributed by atoms with van der Waals surface area (Å²) in [7, 11) is 1.82. The average Bonchev–Trinajstić information content (AvgIpc) is 3.30. The Labute approximate surface area is 179 Å². The predicted molar refractivity (Wildman–Crippen MR) is 117 cm³/mol. The van der Waals surface area contributed by atoms with E-state index in [0.717, 1.165) is 16.9 Å².